The topological polar surface area (TPSA) is 0 Å². The Kier molecular flexibility index (Phi) is 2.70. The van der Waals surface area contributed by atoms with E-state index in [2.05, 4.69) is 97.1 Å². The van der Waals surface area contributed by atoms with Crippen LogP contribution in [0.3, 0.4) is 0 Å². The van der Waals surface area contributed by atoms with Gasteiger partial charge >= 0.3 is 0 Å². The second kappa shape index (κ2) is 5.06. The normalized spacial score (nSPS) is 11.8. The first-order valence-corrected chi connectivity index (χ1v) is 9.05. The average Bonchev–Trinajstić information content (AvgIpc) is 3.00. The molecule has 0 nitrogen and oxygen atoms in total. The first-order chi connectivity index (χ1) is 12.9. The molecule has 0 aliphatic heterocycles. The minimum atomic E-state index is 1.30. The minimum Gasteiger partial charge on any atom is -0.0622 e. The summed E-state index contributed by atoms with van der Waals surface area (Å²) in [6.45, 7) is 0. The molecular weight excluding hydrogens is 312 g/mol. The van der Waals surface area contributed by atoms with E-state index in [4.69, 9.17) is 0 Å². The van der Waals surface area contributed by atoms with Crippen LogP contribution in [0.2, 0.25) is 0 Å². The Morgan fingerprint density at radius 3 is 1.27 bits per heavy atom. The van der Waals surface area contributed by atoms with E-state index in [0.29, 0.717) is 0 Å². The van der Waals surface area contributed by atoms with Crippen molar-refractivity contribution in [3.63, 3.8) is 0 Å². The third kappa shape index (κ3) is 1.74. The Balaban J connectivity index is 1.99. The maximum Gasteiger partial charge on any atom is -0.00201 e. The molecule has 0 unspecified atom stereocenters. The third-order valence-electron chi connectivity index (χ3n) is 5.58. The van der Waals surface area contributed by atoms with Crippen molar-refractivity contribution in [2.75, 3.05) is 0 Å². The van der Waals surface area contributed by atoms with Gasteiger partial charge in [-0.15, -0.1) is 0 Å². The molecule has 0 saturated heterocycles. The molecule has 0 fully saturated rings. The van der Waals surface area contributed by atoms with Gasteiger partial charge in [-0.2, -0.15) is 0 Å². The lowest BCUT2D eigenvalue weighted by Crippen LogP contribution is -1.78. The van der Waals surface area contributed by atoms with Gasteiger partial charge in [-0.1, -0.05) is 84.9 Å². The Morgan fingerprint density at radius 2 is 0.769 bits per heavy atom. The van der Waals surface area contributed by atoms with Gasteiger partial charge in [-0.3, -0.25) is 0 Å². The molecule has 0 amide bonds. The van der Waals surface area contributed by atoms with Crippen molar-refractivity contribution in [2.24, 2.45) is 0 Å². The van der Waals surface area contributed by atoms with E-state index < -0.39 is 0 Å². The zero-order valence-corrected chi connectivity index (χ0v) is 14.2. The second-order valence-corrected chi connectivity index (χ2v) is 6.97. The number of rotatable bonds is 0. The zero-order valence-electron chi connectivity index (χ0n) is 14.2. The lowest BCUT2D eigenvalue weighted by atomic mass is 9.96. The van der Waals surface area contributed by atoms with Gasteiger partial charge < -0.3 is 0 Å². The zero-order chi connectivity index (χ0) is 17.1. The molecule has 2 aromatic rings. The van der Waals surface area contributed by atoms with Crippen molar-refractivity contribution < 1.29 is 0 Å². The maximum absolute atomic E-state index is 2.36. The highest BCUT2D eigenvalue weighted by molar-refractivity contribution is 6.33. The fourth-order valence-corrected chi connectivity index (χ4v) is 4.50. The molecule has 6 rings (SSSR count). The Bertz CT molecular complexity index is 1270. The summed E-state index contributed by atoms with van der Waals surface area (Å²) in [7, 11) is 0. The fraction of sp³-hybridized carbons (Fsp3) is 0. The summed E-state index contributed by atoms with van der Waals surface area (Å²) in [5.74, 6) is 0. The van der Waals surface area contributed by atoms with Gasteiger partial charge in [-0.25, -0.2) is 0 Å². The monoisotopic (exact) mass is 328 g/mol. The van der Waals surface area contributed by atoms with Gasteiger partial charge in [0.1, 0.15) is 0 Å². The molecule has 120 valence electrons. The van der Waals surface area contributed by atoms with Crippen molar-refractivity contribution >= 4 is 32.3 Å². The SMILES string of the molecule is c1ccc2cc3c4cc5cccccc-5c4c4ccccc4c3c-2cc1. The molecule has 4 aliphatic rings. The summed E-state index contributed by atoms with van der Waals surface area (Å²) >= 11 is 0. The van der Waals surface area contributed by atoms with Crippen LogP contribution in [0.5, 0.6) is 0 Å². The molecule has 0 heterocycles. The number of hydrogen-bond donors (Lipinski definition) is 0. The maximum atomic E-state index is 2.36. The molecule has 26 heavy (non-hydrogen) atoms. The van der Waals surface area contributed by atoms with Gasteiger partial charge in [0.05, 0.1) is 0 Å². The largest absolute Gasteiger partial charge is 0.0622 e. The van der Waals surface area contributed by atoms with E-state index in [1.807, 2.05) is 0 Å². The summed E-state index contributed by atoms with van der Waals surface area (Å²) in [5, 5.41) is 8.15. The van der Waals surface area contributed by atoms with Gasteiger partial charge in [-0.05, 0) is 66.7 Å². The molecule has 2 aromatic carbocycles. The smallest absolute Gasteiger partial charge is 0.00201 e. The summed E-state index contributed by atoms with van der Waals surface area (Å²) in [6.07, 6.45) is 0. The van der Waals surface area contributed by atoms with E-state index in [0.717, 1.165) is 0 Å². The van der Waals surface area contributed by atoms with Gasteiger partial charge in [0.15, 0.2) is 0 Å². The number of benzene rings is 2. The van der Waals surface area contributed by atoms with Crippen LogP contribution >= 0.6 is 0 Å². The summed E-state index contributed by atoms with van der Waals surface area (Å²) in [5.41, 5.74) is 5.27. The number of fused-ring (bicyclic) bond motifs is 10. The van der Waals surface area contributed by atoms with Crippen molar-refractivity contribution in [2.45, 2.75) is 0 Å². The Labute approximate surface area is 152 Å². The summed E-state index contributed by atoms with van der Waals surface area (Å²) in [6, 6.07) is 35.2. The van der Waals surface area contributed by atoms with Crippen molar-refractivity contribution in [3.8, 4) is 22.3 Å². The molecule has 0 bridgehead atoms. The molecule has 4 aliphatic carbocycles. The summed E-state index contributed by atoms with van der Waals surface area (Å²) in [4.78, 5) is 0. The van der Waals surface area contributed by atoms with Crippen molar-refractivity contribution in [1.82, 2.24) is 0 Å². The molecule has 0 aromatic heterocycles. The average molecular weight is 328 g/mol. The van der Waals surface area contributed by atoms with Crippen LogP contribution < -0.4 is 0 Å². The highest BCUT2D eigenvalue weighted by Gasteiger charge is 2.19. The Morgan fingerprint density at radius 1 is 0.346 bits per heavy atom. The van der Waals surface area contributed by atoms with Crippen LogP contribution in [0.1, 0.15) is 0 Å². The lowest BCUT2D eigenvalue weighted by molar-refractivity contribution is 1.82. The summed E-state index contributed by atoms with van der Waals surface area (Å²) < 4.78 is 0. The van der Waals surface area contributed by atoms with E-state index in [-0.39, 0.29) is 0 Å². The van der Waals surface area contributed by atoms with Crippen molar-refractivity contribution in [1.29, 1.82) is 0 Å². The molecule has 0 saturated carbocycles. The molecule has 0 spiro atoms. The van der Waals surface area contributed by atoms with Crippen LogP contribution in [0.4, 0.5) is 0 Å². The van der Waals surface area contributed by atoms with Gasteiger partial charge in [0, 0.05) is 0 Å². The van der Waals surface area contributed by atoms with E-state index in [1.165, 1.54) is 54.6 Å². The van der Waals surface area contributed by atoms with Gasteiger partial charge in [0.25, 0.3) is 0 Å². The van der Waals surface area contributed by atoms with E-state index in [9.17, 15) is 0 Å². The van der Waals surface area contributed by atoms with Crippen LogP contribution in [-0.2, 0) is 0 Å². The second-order valence-electron chi connectivity index (χ2n) is 6.97. The fourth-order valence-electron chi connectivity index (χ4n) is 4.50. The first-order valence-electron chi connectivity index (χ1n) is 9.05. The van der Waals surface area contributed by atoms with Crippen molar-refractivity contribution in [3.05, 3.63) is 97.1 Å². The quantitative estimate of drug-likeness (QED) is 0.273. The molecule has 0 heteroatoms. The highest BCUT2D eigenvalue weighted by Crippen LogP contribution is 2.47. The number of hydrogen-bond acceptors (Lipinski definition) is 0. The van der Waals surface area contributed by atoms with Crippen LogP contribution in [0.25, 0.3) is 54.6 Å². The predicted molar refractivity (Wildman–Crippen MR) is 112 cm³/mol. The lowest BCUT2D eigenvalue weighted by Gasteiger charge is -2.06. The third-order valence-corrected chi connectivity index (χ3v) is 5.58. The van der Waals surface area contributed by atoms with Crippen LogP contribution in [-0.4, -0.2) is 0 Å². The van der Waals surface area contributed by atoms with Crippen LogP contribution in [0.15, 0.2) is 97.1 Å². The molecule has 0 atom stereocenters. The van der Waals surface area contributed by atoms with E-state index >= 15 is 0 Å². The highest BCUT2D eigenvalue weighted by atomic mass is 14.2. The van der Waals surface area contributed by atoms with Crippen LogP contribution in [0, 0.1) is 0 Å². The standard InChI is InChI=1S/C26H16/c1-3-9-17-15-23-24-16-18-10-4-2-6-12-20(18)26(24)22-14-8-7-13-21(22)25(23)19(17)11-5-1/h1-16H. The molecule has 0 radical (unpaired) electrons. The van der Waals surface area contributed by atoms with E-state index in [1.54, 1.807) is 0 Å². The first kappa shape index (κ1) is 13.9. The molecule has 0 N–H and O–H groups in total. The predicted octanol–water partition coefficient (Wildman–Crippen LogP) is 7.36. The minimum absolute atomic E-state index is 1.30. The van der Waals surface area contributed by atoms with Gasteiger partial charge in [0.2, 0.25) is 0 Å². The molecular formula is C26H16. The Hall–Kier alpha value is -3.38.